The predicted octanol–water partition coefficient (Wildman–Crippen LogP) is 3.75. The number of ether oxygens (including phenoxy) is 1. The molecule has 0 saturated carbocycles. The molecule has 1 atom stereocenters. The average molecular weight is 346 g/mol. The Hall–Kier alpha value is -2.47. The molecule has 1 unspecified atom stereocenters. The quantitative estimate of drug-likeness (QED) is 0.896. The van der Waals surface area contributed by atoms with Crippen molar-refractivity contribution in [3.8, 4) is 5.75 Å². The summed E-state index contributed by atoms with van der Waals surface area (Å²) in [6.45, 7) is 1.03. The zero-order chi connectivity index (χ0) is 17.8. The maximum absolute atomic E-state index is 13.2. The first-order valence-electron chi connectivity index (χ1n) is 8.19. The van der Waals surface area contributed by atoms with E-state index in [-0.39, 0.29) is 24.2 Å². The SMILES string of the molecule is COc1ccc(C2CCCN2CC(=O)Nc2ccc(F)c(F)c2)cc1. The van der Waals surface area contributed by atoms with Crippen LogP contribution in [0.1, 0.15) is 24.4 Å². The van der Waals surface area contributed by atoms with Gasteiger partial charge in [-0.15, -0.1) is 0 Å². The molecule has 0 bridgehead atoms. The van der Waals surface area contributed by atoms with E-state index in [0.29, 0.717) is 0 Å². The number of benzene rings is 2. The maximum Gasteiger partial charge on any atom is 0.238 e. The second kappa shape index (κ2) is 7.61. The minimum atomic E-state index is -0.977. The highest BCUT2D eigenvalue weighted by molar-refractivity contribution is 5.92. The molecule has 1 amide bonds. The lowest BCUT2D eigenvalue weighted by molar-refractivity contribution is -0.117. The van der Waals surface area contributed by atoms with Gasteiger partial charge in [0.05, 0.1) is 13.7 Å². The summed E-state index contributed by atoms with van der Waals surface area (Å²) < 4.78 is 31.4. The summed E-state index contributed by atoms with van der Waals surface area (Å²) in [5.74, 6) is -1.36. The van der Waals surface area contributed by atoms with E-state index in [1.807, 2.05) is 24.3 Å². The van der Waals surface area contributed by atoms with Gasteiger partial charge < -0.3 is 10.1 Å². The minimum absolute atomic E-state index is 0.168. The average Bonchev–Trinajstić information content (AvgIpc) is 3.06. The van der Waals surface area contributed by atoms with E-state index >= 15 is 0 Å². The van der Waals surface area contributed by atoms with Gasteiger partial charge in [-0.25, -0.2) is 8.78 Å². The zero-order valence-corrected chi connectivity index (χ0v) is 14.0. The summed E-state index contributed by atoms with van der Waals surface area (Å²) in [6.07, 6.45) is 1.99. The lowest BCUT2D eigenvalue weighted by atomic mass is 10.0. The van der Waals surface area contributed by atoms with E-state index < -0.39 is 11.6 Å². The van der Waals surface area contributed by atoms with Gasteiger partial charge in [0.25, 0.3) is 0 Å². The van der Waals surface area contributed by atoms with Crippen molar-refractivity contribution in [3.05, 3.63) is 59.7 Å². The van der Waals surface area contributed by atoms with Crippen LogP contribution in [-0.4, -0.2) is 31.0 Å². The van der Waals surface area contributed by atoms with Crippen molar-refractivity contribution >= 4 is 11.6 Å². The van der Waals surface area contributed by atoms with Gasteiger partial charge in [-0.05, 0) is 49.2 Å². The third kappa shape index (κ3) is 4.14. The van der Waals surface area contributed by atoms with E-state index in [1.165, 1.54) is 6.07 Å². The van der Waals surface area contributed by atoms with Crippen molar-refractivity contribution < 1.29 is 18.3 Å². The maximum atomic E-state index is 13.2. The van der Waals surface area contributed by atoms with Crippen LogP contribution in [-0.2, 0) is 4.79 Å². The van der Waals surface area contributed by atoms with Crippen molar-refractivity contribution in [2.45, 2.75) is 18.9 Å². The highest BCUT2D eigenvalue weighted by Crippen LogP contribution is 2.32. The largest absolute Gasteiger partial charge is 0.497 e. The van der Waals surface area contributed by atoms with Crippen molar-refractivity contribution in [1.29, 1.82) is 0 Å². The molecule has 0 aromatic heterocycles. The molecular weight excluding hydrogens is 326 g/mol. The monoisotopic (exact) mass is 346 g/mol. The van der Waals surface area contributed by atoms with Crippen LogP contribution in [0.25, 0.3) is 0 Å². The van der Waals surface area contributed by atoms with Crippen LogP contribution < -0.4 is 10.1 Å². The molecule has 132 valence electrons. The second-order valence-electron chi connectivity index (χ2n) is 6.08. The number of carbonyl (C=O) groups excluding carboxylic acids is 1. The van der Waals surface area contributed by atoms with Crippen LogP contribution >= 0.6 is 0 Å². The van der Waals surface area contributed by atoms with E-state index in [0.717, 1.165) is 42.8 Å². The number of halogens is 2. The Balaban J connectivity index is 1.63. The standard InChI is InChI=1S/C19H20F2N2O2/c1-25-15-7-4-13(5-8-15)18-3-2-10-23(18)12-19(24)22-14-6-9-16(20)17(21)11-14/h4-9,11,18H,2-3,10,12H2,1H3,(H,22,24). The number of hydrogen-bond donors (Lipinski definition) is 1. The molecule has 1 saturated heterocycles. The van der Waals surface area contributed by atoms with Gasteiger partial charge in [0.2, 0.25) is 5.91 Å². The van der Waals surface area contributed by atoms with Gasteiger partial charge >= 0.3 is 0 Å². The van der Waals surface area contributed by atoms with Crippen LogP contribution in [0.15, 0.2) is 42.5 Å². The molecule has 1 heterocycles. The number of nitrogens with one attached hydrogen (secondary N) is 1. The number of anilines is 1. The zero-order valence-electron chi connectivity index (χ0n) is 14.0. The van der Waals surface area contributed by atoms with Crippen LogP contribution in [0.3, 0.4) is 0 Å². The summed E-state index contributed by atoms with van der Waals surface area (Å²) in [6, 6.07) is 11.3. The first-order valence-corrected chi connectivity index (χ1v) is 8.19. The summed E-state index contributed by atoms with van der Waals surface area (Å²) in [5, 5.41) is 2.62. The molecular formula is C19H20F2N2O2. The number of rotatable bonds is 5. The highest BCUT2D eigenvalue weighted by Gasteiger charge is 2.27. The Morgan fingerprint density at radius 1 is 1.20 bits per heavy atom. The number of nitrogens with zero attached hydrogens (tertiary/aromatic N) is 1. The summed E-state index contributed by atoms with van der Waals surface area (Å²) >= 11 is 0. The Labute approximate surface area is 145 Å². The van der Waals surface area contributed by atoms with Gasteiger partial charge in [-0.2, -0.15) is 0 Å². The Kier molecular flexibility index (Phi) is 5.28. The molecule has 1 aliphatic heterocycles. The fourth-order valence-electron chi connectivity index (χ4n) is 3.18. The van der Waals surface area contributed by atoms with Gasteiger partial charge in [0.1, 0.15) is 5.75 Å². The number of methoxy groups -OCH3 is 1. The Morgan fingerprint density at radius 3 is 2.64 bits per heavy atom. The van der Waals surface area contributed by atoms with Crippen molar-refractivity contribution in [2.75, 3.05) is 25.5 Å². The number of amides is 1. The molecule has 2 aromatic carbocycles. The normalized spacial score (nSPS) is 17.5. The molecule has 1 fully saturated rings. The van der Waals surface area contributed by atoms with Crippen LogP contribution in [0.4, 0.5) is 14.5 Å². The van der Waals surface area contributed by atoms with Gasteiger partial charge in [-0.3, -0.25) is 9.69 Å². The number of likely N-dealkylation sites (tertiary alicyclic amines) is 1. The smallest absolute Gasteiger partial charge is 0.238 e. The molecule has 0 aliphatic carbocycles. The van der Waals surface area contributed by atoms with Crippen LogP contribution in [0.2, 0.25) is 0 Å². The topological polar surface area (TPSA) is 41.6 Å². The third-order valence-corrected chi connectivity index (χ3v) is 4.41. The first-order chi connectivity index (χ1) is 12.1. The van der Waals surface area contributed by atoms with E-state index in [9.17, 15) is 13.6 Å². The molecule has 1 aliphatic rings. The van der Waals surface area contributed by atoms with Gasteiger partial charge in [0.15, 0.2) is 11.6 Å². The molecule has 6 heteroatoms. The summed E-state index contributed by atoms with van der Waals surface area (Å²) in [5.41, 5.74) is 1.39. The van der Waals surface area contributed by atoms with E-state index in [1.54, 1.807) is 7.11 Å². The van der Waals surface area contributed by atoms with Crippen molar-refractivity contribution in [2.24, 2.45) is 0 Å². The Morgan fingerprint density at radius 2 is 1.96 bits per heavy atom. The molecule has 1 N–H and O–H groups in total. The second-order valence-corrected chi connectivity index (χ2v) is 6.08. The predicted molar refractivity (Wildman–Crippen MR) is 91.5 cm³/mol. The van der Waals surface area contributed by atoms with Crippen molar-refractivity contribution in [1.82, 2.24) is 4.90 Å². The lowest BCUT2D eigenvalue weighted by Gasteiger charge is -2.24. The molecule has 3 rings (SSSR count). The molecule has 25 heavy (non-hydrogen) atoms. The third-order valence-electron chi connectivity index (χ3n) is 4.41. The molecule has 2 aromatic rings. The Bertz CT molecular complexity index is 750. The van der Waals surface area contributed by atoms with Gasteiger partial charge in [0, 0.05) is 17.8 Å². The van der Waals surface area contributed by atoms with Crippen LogP contribution in [0.5, 0.6) is 5.75 Å². The minimum Gasteiger partial charge on any atom is -0.497 e. The molecule has 0 spiro atoms. The van der Waals surface area contributed by atoms with Crippen LogP contribution in [0, 0.1) is 11.6 Å². The lowest BCUT2D eigenvalue weighted by Crippen LogP contribution is -2.33. The summed E-state index contributed by atoms with van der Waals surface area (Å²) in [7, 11) is 1.62. The summed E-state index contributed by atoms with van der Waals surface area (Å²) in [4.78, 5) is 14.3. The fraction of sp³-hybridized carbons (Fsp3) is 0.316. The highest BCUT2D eigenvalue weighted by atomic mass is 19.2. The van der Waals surface area contributed by atoms with Gasteiger partial charge in [-0.1, -0.05) is 12.1 Å². The van der Waals surface area contributed by atoms with E-state index in [4.69, 9.17) is 4.74 Å². The van der Waals surface area contributed by atoms with E-state index in [2.05, 4.69) is 10.2 Å². The molecule has 0 radical (unpaired) electrons. The number of hydrogen-bond acceptors (Lipinski definition) is 3. The van der Waals surface area contributed by atoms with Crippen molar-refractivity contribution in [3.63, 3.8) is 0 Å². The molecule has 4 nitrogen and oxygen atoms in total. The first kappa shape index (κ1) is 17.4. The number of carbonyl (C=O) groups is 1. The fourth-order valence-corrected chi connectivity index (χ4v) is 3.18.